The van der Waals surface area contributed by atoms with Crippen LogP contribution in [0.5, 0.6) is 0 Å². The Morgan fingerprint density at radius 3 is 2.72 bits per heavy atom. The van der Waals surface area contributed by atoms with E-state index in [1.54, 1.807) is 41.5 Å². The number of hydrogen-bond acceptors (Lipinski definition) is 5. The zero-order chi connectivity index (χ0) is 20.8. The van der Waals surface area contributed by atoms with Crippen molar-refractivity contribution in [3.8, 4) is 0 Å². The van der Waals surface area contributed by atoms with E-state index in [9.17, 15) is 14.4 Å². The summed E-state index contributed by atoms with van der Waals surface area (Å²) in [6, 6.07) is 10.9. The molecule has 1 aliphatic rings. The minimum Gasteiger partial charge on any atom is -0.374 e. The summed E-state index contributed by atoms with van der Waals surface area (Å²) in [5.41, 5.74) is 1.19. The van der Waals surface area contributed by atoms with Crippen molar-refractivity contribution in [3.05, 3.63) is 46.2 Å². The third-order valence-corrected chi connectivity index (χ3v) is 5.85. The van der Waals surface area contributed by atoms with Gasteiger partial charge in [0.15, 0.2) is 0 Å². The SMILES string of the molecule is COC(CNC(=O)C(=O)Nc1cccc(N2CCCCC2=O)c1)c1ccc(C)s1. The van der Waals surface area contributed by atoms with Gasteiger partial charge in [0.2, 0.25) is 5.91 Å². The number of hydrogen-bond donors (Lipinski definition) is 2. The first-order valence-corrected chi connectivity index (χ1v) is 10.4. The first kappa shape index (κ1) is 21.0. The Kier molecular flexibility index (Phi) is 7.00. The van der Waals surface area contributed by atoms with E-state index >= 15 is 0 Å². The van der Waals surface area contributed by atoms with E-state index in [-0.39, 0.29) is 18.6 Å². The van der Waals surface area contributed by atoms with Crippen molar-refractivity contribution in [1.29, 1.82) is 0 Å². The molecule has 0 radical (unpaired) electrons. The number of aryl methyl sites for hydroxylation is 1. The number of thiophene rings is 1. The van der Waals surface area contributed by atoms with Crippen LogP contribution in [0.25, 0.3) is 0 Å². The molecule has 1 aromatic carbocycles. The number of anilines is 2. The van der Waals surface area contributed by atoms with Gasteiger partial charge in [0.25, 0.3) is 0 Å². The zero-order valence-electron chi connectivity index (χ0n) is 16.6. The van der Waals surface area contributed by atoms with Crippen molar-refractivity contribution < 1.29 is 19.1 Å². The Labute approximate surface area is 174 Å². The number of ether oxygens (including phenoxy) is 1. The number of methoxy groups -OCH3 is 1. The Morgan fingerprint density at radius 2 is 2.03 bits per heavy atom. The molecule has 0 saturated carbocycles. The molecular formula is C21H25N3O4S. The largest absolute Gasteiger partial charge is 0.374 e. The lowest BCUT2D eigenvalue weighted by Crippen LogP contribution is -2.38. The first-order chi connectivity index (χ1) is 14.0. The third kappa shape index (κ3) is 5.42. The van der Waals surface area contributed by atoms with E-state index in [1.165, 1.54) is 0 Å². The Balaban J connectivity index is 1.57. The summed E-state index contributed by atoms with van der Waals surface area (Å²) in [6.07, 6.45) is 2.08. The van der Waals surface area contributed by atoms with Crippen molar-refractivity contribution in [1.82, 2.24) is 5.32 Å². The smallest absolute Gasteiger partial charge is 0.313 e. The molecule has 1 unspecified atom stereocenters. The predicted molar refractivity (Wildman–Crippen MR) is 113 cm³/mol. The standard InChI is InChI=1S/C21H25N3O4S/c1-14-9-10-18(29-14)17(28-2)13-22-20(26)21(27)23-15-6-5-7-16(12-15)24-11-4-3-8-19(24)25/h5-7,9-10,12,17H,3-4,8,11,13H2,1-2H3,(H,22,26)(H,23,27). The van der Waals surface area contributed by atoms with Crippen LogP contribution >= 0.6 is 11.3 Å². The minimum atomic E-state index is -0.760. The number of nitrogens with one attached hydrogen (secondary N) is 2. The van der Waals surface area contributed by atoms with Gasteiger partial charge < -0.3 is 20.3 Å². The molecule has 1 atom stereocenters. The van der Waals surface area contributed by atoms with E-state index in [0.29, 0.717) is 18.7 Å². The predicted octanol–water partition coefficient (Wildman–Crippen LogP) is 3.02. The number of carbonyl (C=O) groups excluding carboxylic acids is 3. The van der Waals surface area contributed by atoms with Crippen molar-refractivity contribution >= 4 is 40.4 Å². The van der Waals surface area contributed by atoms with Gasteiger partial charge in [-0.2, -0.15) is 0 Å². The molecule has 2 heterocycles. The summed E-state index contributed by atoms with van der Waals surface area (Å²) in [6.45, 7) is 2.86. The second-order valence-electron chi connectivity index (χ2n) is 6.89. The number of benzene rings is 1. The van der Waals surface area contributed by atoms with E-state index in [1.807, 2.05) is 25.1 Å². The average Bonchev–Trinajstić information content (AvgIpc) is 3.15. The lowest BCUT2D eigenvalue weighted by molar-refractivity contribution is -0.136. The van der Waals surface area contributed by atoms with Crippen LogP contribution in [0.3, 0.4) is 0 Å². The molecule has 2 aromatic rings. The van der Waals surface area contributed by atoms with Crippen LogP contribution in [0.1, 0.15) is 35.1 Å². The first-order valence-electron chi connectivity index (χ1n) is 9.56. The van der Waals surface area contributed by atoms with Gasteiger partial charge in [-0.3, -0.25) is 14.4 Å². The summed E-state index contributed by atoms with van der Waals surface area (Å²) in [5.74, 6) is -1.42. The molecule has 0 spiro atoms. The molecule has 1 fully saturated rings. The van der Waals surface area contributed by atoms with Gasteiger partial charge >= 0.3 is 11.8 Å². The van der Waals surface area contributed by atoms with E-state index < -0.39 is 11.8 Å². The van der Waals surface area contributed by atoms with Gasteiger partial charge in [-0.1, -0.05) is 6.07 Å². The summed E-state index contributed by atoms with van der Waals surface area (Å²) in [7, 11) is 1.57. The summed E-state index contributed by atoms with van der Waals surface area (Å²) in [4.78, 5) is 40.4. The van der Waals surface area contributed by atoms with E-state index in [2.05, 4.69) is 10.6 Å². The molecular weight excluding hydrogens is 390 g/mol. The molecule has 1 aliphatic heterocycles. The number of nitrogens with zero attached hydrogens (tertiary/aromatic N) is 1. The Hall–Kier alpha value is -2.71. The number of amides is 3. The van der Waals surface area contributed by atoms with Crippen molar-refractivity contribution in [3.63, 3.8) is 0 Å². The Bertz CT molecular complexity index is 896. The van der Waals surface area contributed by atoms with Crippen LogP contribution in [-0.4, -0.2) is 37.9 Å². The maximum absolute atomic E-state index is 12.3. The fourth-order valence-corrected chi connectivity index (χ4v) is 4.17. The molecule has 7 nitrogen and oxygen atoms in total. The normalized spacial score (nSPS) is 15.1. The highest BCUT2D eigenvalue weighted by molar-refractivity contribution is 7.12. The summed E-state index contributed by atoms with van der Waals surface area (Å²) >= 11 is 1.59. The molecule has 2 N–H and O–H groups in total. The van der Waals surface area contributed by atoms with Crippen LogP contribution < -0.4 is 15.5 Å². The maximum atomic E-state index is 12.3. The van der Waals surface area contributed by atoms with Crippen LogP contribution in [0.4, 0.5) is 11.4 Å². The second-order valence-corrected chi connectivity index (χ2v) is 8.21. The molecule has 1 aromatic heterocycles. The molecule has 3 rings (SSSR count). The van der Waals surface area contributed by atoms with Gasteiger partial charge in [0, 0.05) is 47.7 Å². The minimum absolute atomic E-state index is 0.0758. The monoisotopic (exact) mass is 415 g/mol. The lowest BCUT2D eigenvalue weighted by atomic mass is 10.1. The van der Waals surface area contributed by atoms with Crippen LogP contribution in [0, 0.1) is 6.92 Å². The second kappa shape index (κ2) is 9.67. The van der Waals surface area contributed by atoms with Crippen molar-refractivity contribution in [2.45, 2.75) is 32.3 Å². The van der Waals surface area contributed by atoms with Gasteiger partial charge in [0.05, 0.1) is 0 Å². The highest BCUT2D eigenvalue weighted by atomic mass is 32.1. The quantitative estimate of drug-likeness (QED) is 0.710. The van der Waals surface area contributed by atoms with Gasteiger partial charge in [0.1, 0.15) is 6.10 Å². The van der Waals surface area contributed by atoms with Crippen LogP contribution in [0.2, 0.25) is 0 Å². The number of carbonyl (C=O) groups is 3. The fraction of sp³-hybridized carbons (Fsp3) is 0.381. The molecule has 3 amide bonds. The van der Waals surface area contributed by atoms with Crippen molar-refractivity contribution in [2.24, 2.45) is 0 Å². The fourth-order valence-electron chi connectivity index (χ4n) is 3.21. The van der Waals surface area contributed by atoms with Gasteiger partial charge in [-0.05, 0) is 50.1 Å². The number of piperidine rings is 1. The topological polar surface area (TPSA) is 87.7 Å². The van der Waals surface area contributed by atoms with Crippen LogP contribution in [0.15, 0.2) is 36.4 Å². The van der Waals surface area contributed by atoms with Gasteiger partial charge in [-0.25, -0.2) is 0 Å². The highest BCUT2D eigenvalue weighted by Crippen LogP contribution is 2.25. The average molecular weight is 416 g/mol. The van der Waals surface area contributed by atoms with E-state index in [0.717, 1.165) is 28.3 Å². The summed E-state index contributed by atoms with van der Waals surface area (Å²) in [5, 5.41) is 5.21. The molecule has 0 aliphatic carbocycles. The maximum Gasteiger partial charge on any atom is 0.313 e. The number of rotatable bonds is 6. The van der Waals surface area contributed by atoms with Crippen molar-refractivity contribution in [2.75, 3.05) is 30.4 Å². The molecule has 1 saturated heterocycles. The van der Waals surface area contributed by atoms with Crippen LogP contribution in [-0.2, 0) is 19.1 Å². The molecule has 29 heavy (non-hydrogen) atoms. The van der Waals surface area contributed by atoms with Gasteiger partial charge in [-0.15, -0.1) is 11.3 Å². The van der Waals surface area contributed by atoms with E-state index in [4.69, 9.17) is 4.74 Å². The Morgan fingerprint density at radius 1 is 1.21 bits per heavy atom. The molecule has 0 bridgehead atoms. The highest BCUT2D eigenvalue weighted by Gasteiger charge is 2.21. The zero-order valence-corrected chi connectivity index (χ0v) is 17.4. The molecule has 154 valence electrons. The summed E-state index contributed by atoms with van der Waals surface area (Å²) < 4.78 is 5.42. The molecule has 8 heteroatoms. The lowest BCUT2D eigenvalue weighted by Gasteiger charge is -2.27. The third-order valence-electron chi connectivity index (χ3n) is 4.76.